The molecule has 0 aromatic rings. The molecule has 1 heteroatoms. The van der Waals surface area contributed by atoms with E-state index in [9.17, 15) is 0 Å². The zero-order valence-corrected chi connectivity index (χ0v) is 10.0. The summed E-state index contributed by atoms with van der Waals surface area (Å²) in [6.45, 7) is 14.3. The molecule has 12 heavy (non-hydrogen) atoms. The minimum absolute atomic E-state index is 0.689. The molecule has 1 unspecified atom stereocenters. The molecule has 76 valence electrons. The van der Waals surface area contributed by atoms with Gasteiger partial charge in [-0.1, -0.05) is 34.1 Å². The van der Waals surface area contributed by atoms with Crippen LogP contribution in [0.1, 0.15) is 48.0 Å². The van der Waals surface area contributed by atoms with Crippen molar-refractivity contribution in [1.82, 2.24) is 4.90 Å². The van der Waals surface area contributed by atoms with Crippen molar-refractivity contribution in [2.24, 2.45) is 5.92 Å². The molecule has 0 radical (unpaired) electrons. The van der Waals surface area contributed by atoms with Crippen LogP contribution in [0.5, 0.6) is 0 Å². The Kier molecular flexibility index (Phi) is 10.9. The lowest BCUT2D eigenvalue weighted by Gasteiger charge is -2.23. The third kappa shape index (κ3) is 8.06. The Morgan fingerprint density at radius 2 is 1.50 bits per heavy atom. The van der Waals surface area contributed by atoms with E-state index in [1.807, 2.05) is 13.8 Å². The van der Waals surface area contributed by atoms with Crippen LogP contribution in [0, 0.1) is 5.92 Å². The Hall–Kier alpha value is -0.0400. The lowest BCUT2D eigenvalue weighted by molar-refractivity contribution is 0.234. The zero-order valence-electron chi connectivity index (χ0n) is 10.0. The Balaban J connectivity index is 0. The Labute approximate surface area is 79.2 Å². The highest BCUT2D eigenvalue weighted by Gasteiger charge is 2.06. The van der Waals surface area contributed by atoms with Gasteiger partial charge in [-0.2, -0.15) is 0 Å². The van der Waals surface area contributed by atoms with E-state index in [0.717, 1.165) is 5.92 Å². The van der Waals surface area contributed by atoms with Gasteiger partial charge in [0.1, 0.15) is 0 Å². The van der Waals surface area contributed by atoms with E-state index in [4.69, 9.17) is 0 Å². The van der Waals surface area contributed by atoms with Crippen molar-refractivity contribution in [2.75, 3.05) is 13.6 Å². The maximum absolute atomic E-state index is 2.40. The smallest absolute Gasteiger partial charge is 0.00356 e. The summed E-state index contributed by atoms with van der Waals surface area (Å²) >= 11 is 0. The van der Waals surface area contributed by atoms with Crippen LogP contribution in [0.3, 0.4) is 0 Å². The Bertz CT molecular complexity index is 79.1. The summed E-state index contributed by atoms with van der Waals surface area (Å²) in [5.41, 5.74) is 0. The van der Waals surface area contributed by atoms with E-state index < -0.39 is 0 Å². The zero-order chi connectivity index (χ0) is 10.1. The molecule has 0 aromatic heterocycles. The molecule has 0 bridgehead atoms. The van der Waals surface area contributed by atoms with Crippen LogP contribution in [0.15, 0.2) is 0 Å². The van der Waals surface area contributed by atoms with Crippen LogP contribution in [0.25, 0.3) is 0 Å². The van der Waals surface area contributed by atoms with Crippen molar-refractivity contribution in [3.05, 3.63) is 0 Å². The molecule has 1 nitrogen and oxygen atoms in total. The van der Waals surface area contributed by atoms with Crippen molar-refractivity contribution in [3.8, 4) is 0 Å². The van der Waals surface area contributed by atoms with E-state index in [1.165, 1.54) is 13.0 Å². The molecule has 0 rings (SSSR count). The molecule has 0 N–H and O–H groups in total. The third-order valence-electron chi connectivity index (χ3n) is 2.18. The van der Waals surface area contributed by atoms with Gasteiger partial charge in [0.05, 0.1) is 0 Å². The monoisotopic (exact) mass is 173 g/mol. The molecular formula is C11H27N. The molecule has 0 fully saturated rings. The van der Waals surface area contributed by atoms with Crippen LogP contribution in [0.4, 0.5) is 0 Å². The van der Waals surface area contributed by atoms with E-state index in [-0.39, 0.29) is 0 Å². The largest absolute Gasteiger partial charge is 0.304 e. The molecule has 0 saturated heterocycles. The van der Waals surface area contributed by atoms with E-state index in [0.29, 0.717) is 6.04 Å². The topological polar surface area (TPSA) is 3.24 Å². The van der Waals surface area contributed by atoms with Crippen molar-refractivity contribution in [3.63, 3.8) is 0 Å². The molecule has 0 aromatic carbocycles. The summed E-state index contributed by atoms with van der Waals surface area (Å²) in [6, 6.07) is 0.689. The van der Waals surface area contributed by atoms with Gasteiger partial charge in [-0.05, 0) is 26.8 Å². The highest BCUT2D eigenvalue weighted by atomic mass is 15.1. The number of hydrogen-bond acceptors (Lipinski definition) is 1. The van der Waals surface area contributed by atoms with Crippen molar-refractivity contribution in [2.45, 2.75) is 54.0 Å². The van der Waals surface area contributed by atoms with Gasteiger partial charge in [0.15, 0.2) is 0 Å². The predicted molar refractivity (Wildman–Crippen MR) is 58.6 cm³/mol. The van der Waals surface area contributed by atoms with Gasteiger partial charge in [-0.25, -0.2) is 0 Å². The molecule has 1 atom stereocenters. The Morgan fingerprint density at radius 3 is 1.75 bits per heavy atom. The van der Waals surface area contributed by atoms with Gasteiger partial charge in [-0.15, -0.1) is 0 Å². The summed E-state index contributed by atoms with van der Waals surface area (Å²) in [7, 11) is 2.19. The first-order valence-electron chi connectivity index (χ1n) is 5.28. The quantitative estimate of drug-likeness (QED) is 0.630. The van der Waals surface area contributed by atoms with Crippen LogP contribution in [-0.4, -0.2) is 24.5 Å². The molecule has 0 heterocycles. The predicted octanol–water partition coefficient (Wildman–Crippen LogP) is 3.40. The average molecular weight is 173 g/mol. The Morgan fingerprint density at radius 1 is 1.08 bits per heavy atom. The van der Waals surface area contributed by atoms with E-state index in [2.05, 4.69) is 39.6 Å². The number of nitrogens with zero attached hydrogens (tertiary/aromatic N) is 1. The molecule has 0 saturated carbocycles. The maximum atomic E-state index is 2.40. The second kappa shape index (κ2) is 9.05. The fourth-order valence-corrected chi connectivity index (χ4v) is 0.832. The van der Waals surface area contributed by atoms with Crippen LogP contribution in [0.2, 0.25) is 0 Å². The summed E-state index contributed by atoms with van der Waals surface area (Å²) in [4.78, 5) is 2.40. The first-order valence-corrected chi connectivity index (χ1v) is 5.28. The van der Waals surface area contributed by atoms with Gasteiger partial charge in [-0.3, -0.25) is 0 Å². The van der Waals surface area contributed by atoms with Gasteiger partial charge in [0.25, 0.3) is 0 Å². The first kappa shape index (κ1) is 14.5. The van der Waals surface area contributed by atoms with Gasteiger partial charge < -0.3 is 4.90 Å². The van der Waals surface area contributed by atoms with Gasteiger partial charge in [0.2, 0.25) is 0 Å². The minimum atomic E-state index is 0.689. The maximum Gasteiger partial charge on any atom is 0.00356 e. The number of rotatable bonds is 4. The van der Waals surface area contributed by atoms with E-state index >= 15 is 0 Å². The SMILES string of the molecule is CC.CCC(C)CN(C)C(C)C. The second-order valence-corrected chi connectivity index (χ2v) is 3.55. The summed E-state index contributed by atoms with van der Waals surface area (Å²) in [6.07, 6.45) is 1.29. The number of hydrogen-bond donors (Lipinski definition) is 0. The summed E-state index contributed by atoms with van der Waals surface area (Å²) in [5.74, 6) is 0.840. The van der Waals surface area contributed by atoms with Crippen molar-refractivity contribution >= 4 is 0 Å². The lowest BCUT2D eigenvalue weighted by Crippen LogP contribution is -2.30. The van der Waals surface area contributed by atoms with E-state index in [1.54, 1.807) is 0 Å². The molecular weight excluding hydrogens is 146 g/mol. The van der Waals surface area contributed by atoms with Crippen LogP contribution < -0.4 is 0 Å². The van der Waals surface area contributed by atoms with Gasteiger partial charge >= 0.3 is 0 Å². The molecule has 0 aliphatic carbocycles. The molecule has 0 aliphatic heterocycles. The highest BCUT2D eigenvalue weighted by molar-refractivity contribution is 4.60. The minimum Gasteiger partial charge on any atom is -0.304 e. The van der Waals surface area contributed by atoms with Gasteiger partial charge in [0, 0.05) is 12.6 Å². The second-order valence-electron chi connectivity index (χ2n) is 3.55. The van der Waals surface area contributed by atoms with Crippen molar-refractivity contribution < 1.29 is 0 Å². The lowest BCUT2D eigenvalue weighted by atomic mass is 10.1. The fraction of sp³-hybridized carbons (Fsp3) is 1.00. The normalized spacial score (nSPS) is 12.8. The summed E-state index contributed by atoms with van der Waals surface area (Å²) in [5, 5.41) is 0. The first-order chi connectivity index (χ1) is 5.57. The molecule has 0 spiro atoms. The fourth-order valence-electron chi connectivity index (χ4n) is 0.832. The molecule has 0 aliphatic rings. The average Bonchev–Trinajstić information content (AvgIpc) is 2.07. The highest BCUT2D eigenvalue weighted by Crippen LogP contribution is 2.04. The van der Waals surface area contributed by atoms with Crippen LogP contribution >= 0.6 is 0 Å². The van der Waals surface area contributed by atoms with Crippen molar-refractivity contribution in [1.29, 1.82) is 0 Å². The summed E-state index contributed by atoms with van der Waals surface area (Å²) < 4.78 is 0. The molecule has 0 amide bonds. The standard InChI is InChI=1S/C9H21N.C2H6/c1-6-9(4)7-10(5)8(2)3;1-2/h8-9H,6-7H2,1-5H3;1-2H3. The van der Waals surface area contributed by atoms with Crippen LogP contribution in [-0.2, 0) is 0 Å². The third-order valence-corrected chi connectivity index (χ3v) is 2.18.